The Hall–Kier alpha value is -2.09. The predicted molar refractivity (Wildman–Crippen MR) is 97.4 cm³/mol. The highest BCUT2D eigenvalue weighted by atomic mass is 32.2. The standard InChI is InChI=1S/C17H25N3O4S/c1-3-20(4-2)17(22)14-7-5-6-8-15(14)18-11-16(21)19-13-9-10-25(23,24)12-13/h5-8,13,18H,3-4,9-12H2,1-2H3,(H,19,21). The lowest BCUT2D eigenvalue weighted by Gasteiger charge is -2.21. The van der Waals surface area contributed by atoms with Crippen LogP contribution >= 0.6 is 0 Å². The van der Waals surface area contributed by atoms with Crippen LogP contribution in [0.25, 0.3) is 0 Å². The molecule has 138 valence electrons. The minimum atomic E-state index is -3.03. The number of anilines is 1. The van der Waals surface area contributed by atoms with E-state index in [1.165, 1.54) is 0 Å². The molecule has 1 aromatic carbocycles. The zero-order valence-electron chi connectivity index (χ0n) is 14.6. The maximum atomic E-state index is 12.5. The summed E-state index contributed by atoms with van der Waals surface area (Å²) in [5.41, 5.74) is 1.11. The summed E-state index contributed by atoms with van der Waals surface area (Å²) < 4.78 is 22.9. The van der Waals surface area contributed by atoms with Crippen LogP contribution in [0.5, 0.6) is 0 Å². The summed E-state index contributed by atoms with van der Waals surface area (Å²) >= 11 is 0. The lowest BCUT2D eigenvalue weighted by molar-refractivity contribution is -0.119. The van der Waals surface area contributed by atoms with E-state index in [2.05, 4.69) is 10.6 Å². The van der Waals surface area contributed by atoms with Gasteiger partial charge in [-0.15, -0.1) is 0 Å². The van der Waals surface area contributed by atoms with Crippen molar-refractivity contribution in [2.45, 2.75) is 26.3 Å². The van der Waals surface area contributed by atoms with Crippen molar-refractivity contribution >= 4 is 27.3 Å². The molecule has 2 amide bonds. The van der Waals surface area contributed by atoms with E-state index in [0.29, 0.717) is 30.8 Å². The molecule has 0 saturated carbocycles. The van der Waals surface area contributed by atoms with Crippen LogP contribution in [0, 0.1) is 0 Å². The molecule has 8 heteroatoms. The van der Waals surface area contributed by atoms with Crippen LogP contribution in [0.2, 0.25) is 0 Å². The SMILES string of the molecule is CCN(CC)C(=O)c1ccccc1NCC(=O)NC1CCS(=O)(=O)C1. The Labute approximate surface area is 148 Å². The number of carbonyl (C=O) groups is 2. The lowest BCUT2D eigenvalue weighted by Crippen LogP contribution is -2.39. The average Bonchev–Trinajstić information content (AvgIpc) is 2.92. The summed E-state index contributed by atoms with van der Waals surface area (Å²) in [7, 11) is -3.03. The highest BCUT2D eigenvalue weighted by Crippen LogP contribution is 2.17. The molecule has 1 aliphatic rings. The molecule has 2 N–H and O–H groups in total. The largest absolute Gasteiger partial charge is 0.376 e. The molecule has 25 heavy (non-hydrogen) atoms. The van der Waals surface area contributed by atoms with Gasteiger partial charge in [-0.25, -0.2) is 8.42 Å². The maximum Gasteiger partial charge on any atom is 0.255 e. The van der Waals surface area contributed by atoms with Crippen molar-refractivity contribution in [2.24, 2.45) is 0 Å². The van der Waals surface area contributed by atoms with E-state index in [1.54, 1.807) is 29.2 Å². The molecule has 1 aliphatic heterocycles. The Morgan fingerprint density at radius 3 is 2.48 bits per heavy atom. The summed E-state index contributed by atoms with van der Waals surface area (Å²) in [6.45, 7) is 5.04. The van der Waals surface area contributed by atoms with Crippen LogP contribution in [0.4, 0.5) is 5.69 Å². The molecular weight excluding hydrogens is 342 g/mol. The monoisotopic (exact) mass is 367 g/mol. The molecule has 1 heterocycles. The van der Waals surface area contributed by atoms with Gasteiger partial charge in [0, 0.05) is 24.8 Å². The second kappa shape index (κ2) is 8.33. The summed E-state index contributed by atoms with van der Waals surface area (Å²) in [5, 5.41) is 5.71. The summed E-state index contributed by atoms with van der Waals surface area (Å²) in [5.74, 6) is -0.259. The van der Waals surface area contributed by atoms with Crippen LogP contribution in [-0.4, -0.2) is 62.3 Å². The summed E-state index contributed by atoms with van der Waals surface area (Å²) in [6.07, 6.45) is 0.450. The van der Waals surface area contributed by atoms with Gasteiger partial charge in [0.05, 0.1) is 23.6 Å². The van der Waals surface area contributed by atoms with E-state index in [-0.39, 0.29) is 35.9 Å². The van der Waals surface area contributed by atoms with Crippen molar-refractivity contribution < 1.29 is 18.0 Å². The number of sulfone groups is 1. The van der Waals surface area contributed by atoms with Crippen LogP contribution in [0.15, 0.2) is 24.3 Å². The van der Waals surface area contributed by atoms with Gasteiger partial charge in [-0.3, -0.25) is 9.59 Å². The second-order valence-corrected chi connectivity index (χ2v) is 8.27. The van der Waals surface area contributed by atoms with Crippen LogP contribution in [0.3, 0.4) is 0 Å². The molecule has 1 fully saturated rings. The van der Waals surface area contributed by atoms with E-state index >= 15 is 0 Å². The van der Waals surface area contributed by atoms with Gasteiger partial charge in [0.1, 0.15) is 0 Å². The third-order valence-electron chi connectivity index (χ3n) is 4.25. The molecule has 1 unspecified atom stereocenters. The zero-order valence-corrected chi connectivity index (χ0v) is 15.4. The van der Waals surface area contributed by atoms with E-state index < -0.39 is 9.84 Å². The molecule has 0 aromatic heterocycles. The Kier molecular flexibility index (Phi) is 6.41. The van der Waals surface area contributed by atoms with Crippen LogP contribution < -0.4 is 10.6 Å². The molecule has 7 nitrogen and oxygen atoms in total. The van der Waals surface area contributed by atoms with Crippen LogP contribution in [0.1, 0.15) is 30.6 Å². The van der Waals surface area contributed by atoms with Crippen molar-refractivity contribution in [2.75, 3.05) is 36.5 Å². The minimum absolute atomic E-state index is 0.00419. The number of benzene rings is 1. The molecule has 0 radical (unpaired) electrons. The topological polar surface area (TPSA) is 95.6 Å². The lowest BCUT2D eigenvalue weighted by atomic mass is 10.1. The summed E-state index contributed by atoms with van der Waals surface area (Å²) in [4.78, 5) is 26.3. The molecule has 1 saturated heterocycles. The van der Waals surface area contributed by atoms with Crippen molar-refractivity contribution in [3.8, 4) is 0 Å². The molecular formula is C17H25N3O4S. The number of para-hydroxylation sites is 1. The van der Waals surface area contributed by atoms with E-state index in [0.717, 1.165) is 0 Å². The van der Waals surface area contributed by atoms with E-state index in [4.69, 9.17) is 0 Å². The number of rotatable bonds is 7. The Morgan fingerprint density at radius 1 is 1.20 bits per heavy atom. The smallest absolute Gasteiger partial charge is 0.255 e. The fraction of sp³-hybridized carbons (Fsp3) is 0.529. The fourth-order valence-corrected chi connectivity index (χ4v) is 4.54. The molecule has 1 atom stereocenters. The highest BCUT2D eigenvalue weighted by molar-refractivity contribution is 7.91. The Morgan fingerprint density at radius 2 is 1.88 bits per heavy atom. The number of hydrogen-bond acceptors (Lipinski definition) is 5. The van der Waals surface area contributed by atoms with Gasteiger partial charge in [0.15, 0.2) is 9.84 Å². The Balaban J connectivity index is 1.97. The zero-order chi connectivity index (χ0) is 18.4. The van der Waals surface area contributed by atoms with E-state index in [1.807, 2.05) is 13.8 Å². The molecule has 0 aliphatic carbocycles. The Bertz CT molecular complexity index is 729. The van der Waals surface area contributed by atoms with Crippen LogP contribution in [-0.2, 0) is 14.6 Å². The van der Waals surface area contributed by atoms with Crippen molar-refractivity contribution in [1.82, 2.24) is 10.2 Å². The number of nitrogens with zero attached hydrogens (tertiary/aromatic N) is 1. The third-order valence-corrected chi connectivity index (χ3v) is 6.01. The first-order valence-corrected chi connectivity index (χ1v) is 10.3. The first kappa shape index (κ1) is 19.2. The highest BCUT2D eigenvalue weighted by Gasteiger charge is 2.28. The van der Waals surface area contributed by atoms with Crippen molar-refractivity contribution in [1.29, 1.82) is 0 Å². The normalized spacial score (nSPS) is 18.6. The fourth-order valence-electron chi connectivity index (χ4n) is 2.87. The van der Waals surface area contributed by atoms with Crippen molar-refractivity contribution in [3.05, 3.63) is 29.8 Å². The second-order valence-electron chi connectivity index (χ2n) is 6.04. The summed E-state index contributed by atoms with van der Waals surface area (Å²) in [6, 6.07) is 6.73. The molecule has 1 aromatic rings. The molecule has 0 spiro atoms. The van der Waals surface area contributed by atoms with Gasteiger partial charge in [-0.1, -0.05) is 12.1 Å². The van der Waals surface area contributed by atoms with Gasteiger partial charge in [0.2, 0.25) is 5.91 Å². The van der Waals surface area contributed by atoms with Gasteiger partial charge in [-0.2, -0.15) is 0 Å². The van der Waals surface area contributed by atoms with Gasteiger partial charge < -0.3 is 15.5 Å². The number of nitrogens with one attached hydrogen (secondary N) is 2. The maximum absolute atomic E-state index is 12.5. The molecule has 2 rings (SSSR count). The first-order chi connectivity index (χ1) is 11.9. The number of amides is 2. The average molecular weight is 367 g/mol. The number of carbonyl (C=O) groups excluding carboxylic acids is 2. The van der Waals surface area contributed by atoms with Gasteiger partial charge in [-0.05, 0) is 32.4 Å². The van der Waals surface area contributed by atoms with Gasteiger partial charge >= 0.3 is 0 Å². The third kappa shape index (κ3) is 5.19. The quantitative estimate of drug-likeness (QED) is 0.746. The van der Waals surface area contributed by atoms with E-state index in [9.17, 15) is 18.0 Å². The predicted octanol–water partition coefficient (Wildman–Crippen LogP) is 0.884. The van der Waals surface area contributed by atoms with Gasteiger partial charge in [0.25, 0.3) is 5.91 Å². The number of hydrogen-bond donors (Lipinski definition) is 2. The minimum Gasteiger partial charge on any atom is -0.376 e. The molecule has 0 bridgehead atoms. The van der Waals surface area contributed by atoms with Crippen molar-refractivity contribution in [3.63, 3.8) is 0 Å². The first-order valence-electron chi connectivity index (χ1n) is 8.48.